The molecule has 1 unspecified atom stereocenters. The van der Waals surface area contributed by atoms with Crippen molar-refractivity contribution in [1.29, 1.82) is 0 Å². The molecule has 24 heavy (non-hydrogen) atoms. The van der Waals surface area contributed by atoms with Gasteiger partial charge >= 0.3 is 6.18 Å². The summed E-state index contributed by atoms with van der Waals surface area (Å²) < 4.78 is 38.0. The fraction of sp³-hybridized carbons (Fsp3) is 0.235. The molecular formula is C17H16ClF3N2O. The van der Waals surface area contributed by atoms with Crippen LogP contribution in [0, 0.1) is 0 Å². The van der Waals surface area contributed by atoms with Crippen LogP contribution >= 0.6 is 11.6 Å². The van der Waals surface area contributed by atoms with Gasteiger partial charge in [-0.15, -0.1) is 0 Å². The normalized spacial score (nSPS) is 12.7. The van der Waals surface area contributed by atoms with Crippen LogP contribution in [0.15, 0.2) is 48.5 Å². The third kappa shape index (κ3) is 5.25. The van der Waals surface area contributed by atoms with Crippen LogP contribution in [-0.4, -0.2) is 11.9 Å². The molecule has 0 radical (unpaired) electrons. The molecule has 1 atom stereocenters. The lowest BCUT2D eigenvalue weighted by Crippen LogP contribution is -2.37. The van der Waals surface area contributed by atoms with Crippen LogP contribution in [0.3, 0.4) is 0 Å². The first-order valence-electron chi connectivity index (χ1n) is 7.21. The molecule has 0 aliphatic heterocycles. The topological polar surface area (TPSA) is 41.1 Å². The number of nitrogens with one attached hydrogen (secondary N) is 2. The number of halogens is 4. The molecule has 0 aromatic heterocycles. The Morgan fingerprint density at radius 2 is 1.83 bits per heavy atom. The van der Waals surface area contributed by atoms with E-state index in [4.69, 9.17) is 11.6 Å². The van der Waals surface area contributed by atoms with Gasteiger partial charge < -0.3 is 10.6 Å². The molecule has 2 aromatic carbocycles. The number of hydrogen-bond donors (Lipinski definition) is 2. The molecule has 1 amide bonds. The van der Waals surface area contributed by atoms with E-state index in [-0.39, 0.29) is 12.5 Å². The van der Waals surface area contributed by atoms with Gasteiger partial charge in [-0.25, -0.2) is 0 Å². The van der Waals surface area contributed by atoms with Crippen molar-refractivity contribution in [2.24, 2.45) is 0 Å². The maximum atomic E-state index is 12.7. The average Bonchev–Trinajstić information content (AvgIpc) is 2.54. The fourth-order valence-electron chi connectivity index (χ4n) is 2.00. The number of alkyl halides is 3. The zero-order valence-corrected chi connectivity index (χ0v) is 13.6. The van der Waals surface area contributed by atoms with E-state index in [1.807, 2.05) is 0 Å². The highest BCUT2D eigenvalue weighted by molar-refractivity contribution is 6.30. The minimum atomic E-state index is -4.38. The molecule has 0 saturated heterocycles. The van der Waals surface area contributed by atoms with Crippen LogP contribution in [0.1, 0.15) is 18.1 Å². The van der Waals surface area contributed by atoms with Crippen molar-refractivity contribution in [3.63, 3.8) is 0 Å². The summed E-state index contributed by atoms with van der Waals surface area (Å²) in [6.07, 6.45) is -4.38. The Morgan fingerprint density at radius 3 is 2.46 bits per heavy atom. The lowest BCUT2D eigenvalue weighted by molar-refractivity contribution is -0.137. The molecule has 2 rings (SSSR count). The van der Waals surface area contributed by atoms with Crippen molar-refractivity contribution >= 4 is 23.2 Å². The number of carbonyl (C=O) groups excluding carboxylic acids is 1. The Kier molecular flexibility index (Phi) is 5.85. The Labute approximate surface area is 142 Å². The number of anilines is 1. The Hall–Kier alpha value is -2.05. The van der Waals surface area contributed by atoms with Gasteiger partial charge in [0.1, 0.15) is 0 Å². The molecule has 7 heteroatoms. The van der Waals surface area contributed by atoms with Crippen molar-refractivity contribution < 1.29 is 18.0 Å². The second kappa shape index (κ2) is 7.68. The van der Waals surface area contributed by atoms with E-state index in [0.29, 0.717) is 16.3 Å². The minimum Gasteiger partial charge on any atom is -0.325 e. The van der Waals surface area contributed by atoms with Crippen molar-refractivity contribution in [2.75, 3.05) is 5.32 Å². The summed E-state index contributed by atoms with van der Waals surface area (Å²) in [5.74, 6) is -0.288. The van der Waals surface area contributed by atoms with Crippen LogP contribution in [0.5, 0.6) is 0 Å². The average molecular weight is 357 g/mol. The number of benzene rings is 2. The lowest BCUT2D eigenvalue weighted by atomic mass is 10.1. The predicted octanol–water partition coefficient (Wildman–Crippen LogP) is 4.48. The van der Waals surface area contributed by atoms with Gasteiger partial charge in [-0.05, 0) is 42.8 Å². The first kappa shape index (κ1) is 18.3. The van der Waals surface area contributed by atoms with Crippen LogP contribution in [0.4, 0.5) is 18.9 Å². The first-order chi connectivity index (χ1) is 11.3. The Balaban J connectivity index is 1.91. The summed E-state index contributed by atoms with van der Waals surface area (Å²) in [5.41, 5.74) is 0.341. The van der Waals surface area contributed by atoms with Crippen molar-refractivity contribution in [1.82, 2.24) is 5.32 Å². The van der Waals surface area contributed by atoms with E-state index in [2.05, 4.69) is 10.6 Å². The van der Waals surface area contributed by atoms with Crippen molar-refractivity contribution in [3.05, 3.63) is 64.7 Å². The summed E-state index contributed by atoms with van der Waals surface area (Å²) in [5, 5.41) is 6.16. The maximum Gasteiger partial charge on any atom is 0.416 e. The standard InChI is InChI=1S/C17H16ClF3N2O/c1-11(16(24)23-15-7-5-14(18)6-8-15)22-10-12-3-2-4-13(9-12)17(19,20)21/h2-9,11,22H,10H2,1H3,(H,23,24). The monoisotopic (exact) mass is 356 g/mol. The van der Waals surface area contributed by atoms with Crippen LogP contribution < -0.4 is 10.6 Å². The molecule has 0 aliphatic carbocycles. The first-order valence-corrected chi connectivity index (χ1v) is 7.59. The van der Waals surface area contributed by atoms with Crippen molar-refractivity contribution in [3.8, 4) is 0 Å². The van der Waals surface area contributed by atoms with Gasteiger partial charge in [0.2, 0.25) is 5.91 Å². The molecule has 0 bridgehead atoms. The van der Waals surface area contributed by atoms with Gasteiger partial charge in [-0.2, -0.15) is 13.2 Å². The molecule has 2 N–H and O–H groups in total. The van der Waals surface area contributed by atoms with E-state index in [1.54, 1.807) is 37.3 Å². The zero-order valence-electron chi connectivity index (χ0n) is 12.8. The Bertz CT molecular complexity index is 702. The highest BCUT2D eigenvalue weighted by Crippen LogP contribution is 2.29. The molecule has 2 aromatic rings. The third-order valence-electron chi connectivity index (χ3n) is 3.37. The highest BCUT2D eigenvalue weighted by atomic mass is 35.5. The fourth-order valence-corrected chi connectivity index (χ4v) is 2.13. The summed E-state index contributed by atoms with van der Waals surface area (Å²) in [4.78, 5) is 12.1. The highest BCUT2D eigenvalue weighted by Gasteiger charge is 2.30. The second-order valence-electron chi connectivity index (χ2n) is 5.30. The largest absolute Gasteiger partial charge is 0.416 e. The third-order valence-corrected chi connectivity index (χ3v) is 3.62. The Morgan fingerprint density at radius 1 is 1.17 bits per heavy atom. The molecule has 0 heterocycles. The molecule has 0 spiro atoms. The number of amides is 1. The van der Waals surface area contributed by atoms with Gasteiger partial charge in [0.05, 0.1) is 11.6 Å². The summed E-state index contributed by atoms with van der Waals surface area (Å²) in [6, 6.07) is 11.1. The van der Waals surface area contributed by atoms with Crippen LogP contribution in [-0.2, 0) is 17.5 Å². The van der Waals surface area contributed by atoms with E-state index in [1.165, 1.54) is 6.07 Å². The summed E-state index contributed by atoms with van der Waals surface area (Å²) in [7, 11) is 0. The predicted molar refractivity (Wildman–Crippen MR) is 87.8 cm³/mol. The van der Waals surface area contributed by atoms with Gasteiger partial charge in [-0.1, -0.05) is 29.8 Å². The van der Waals surface area contributed by atoms with Crippen LogP contribution in [0.25, 0.3) is 0 Å². The number of hydrogen-bond acceptors (Lipinski definition) is 2. The van der Waals surface area contributed by atoms with Gasteiger partial charge in [0.15, 0.2) is 0 Å². The maximum absolute atomic E-state index is 12.7. The van der Waals surface area contributed by atoms with E-state index in [0.717, 1.165) is 12.1 Å². The zero-order chi connectivity index (χ0) is 17.7. The summed E-state index contributed by atoms with van der Waals surface area (Å²) >= 11 is 5.77. The number of carbonyl (C=O) groups is 1. The van der Waals surface area contributed by atoms with Crippen LogP contribution in [0.2, 0.25) is 5.02 Å². The molecule has 0 aliphatic rings. The van der Waals surface area contributed by atoms with Gasteiger partial charge in [0, 0.05) is 17.3 Å². The SMILES string of the molecule is CC(NCc1cccc(C(F)(F)F)c1)C(=O)Nc1ccc(Cl)cc1. The van der Waals surface area contributed by atoms with E-state index < -0.39 is 17.8 Å². The molecule has 128 valence electrons. The van der Waals surface area contributed by atoms with E-state index >= 15 is 0 Å². The lowest BCUT2D eigenvalue weighted by Gasteiger charge is -2.15. The molecule has 0 fully saturated rings. The minimum absolute atomic E-state index is 0.152. The molecule has 3 nitrogen and oxygen atoms in total. The van der Waals surface area contributed by atoms with Gasteiger partial charge in [-0.3, -0.25) is 4.79 Å². The second-order valence-corrected chi connectivity index (χ2v) is 5.73. The van der Waals surface area contributed by atoms with Crippen molar-refractivity contribution in [2.45, 2.75) is 25.7 Å². The van der Waals surface area contributed by atoms with Gasteiger partial charge in [0.25, 0.3) is 0 Å². The van der Waals surface area contributed by atoms with E-state index in [9.17, 15) is 18.0 Å². The number of rotatable bonds is 5. The smallest absolute Gasteiger partial charge is 0.325 e. The quantitative estimate of drug-likeness (QED) is 0.829. The molecule has 0 saturated carbocycles. The molecular weight excluding hydrogens is 341 g/mol. The summed E-state index contributed by atoms with van der Waals surface area (Å²) in [6.45, 7) is 1.79.